The molecule has 10 heteroatoms. The smallest absolute Gasteiger partial charge is 0.344 e. The number of hydrogen-bond donors (Lipinski definition) is 1. The molecule has 0 bridgehead atoms. The first-order valence-corrected chi connectivity index (χ1v) is 11.2. The zero-order valence-electron chi connectivity index (χ0n) is 20.3. The number of fused-ring (bicyclic) bond motifs is 1. The van der Waals surface area contributed by atoms with E-state index in [1.165, 1.54) is 31.6 Å². The number of phenols is 1. The van der Waals surface area contributed by atoms with E-state index in [9.17, 15) is 14.7 Å². The predicted molar refractivity (Wildman–Crippen MR) is 128 cm³/mol. The van der Waals surface area contributed by atoms with E-state index in [1.54, 1.807) is 39.0 Å². The van der Waals surface area contributed by atoms with Gasteiger partial charge in [-0.2, -0.15) is 0 Å². The summed E-state index contributed by atoms with van der Waals surface area (Å²) in [6.07, 6.45) is 1.46. The van der Waals surface area contributed by atoms with E-state index in [4.69, 9.17) is 32.8 Å². The summed E-state index contributed by atoms with van der Waals surface area (Å²) >= 11 is 0. The second kappa shape index (κ2) is 10.1. The predicted octanol–water partition coefficient (Wildman–Crippen LogP) is 4.12. The fourth-order valence-corrected chi connectivity index (χ4v) is 3.54. The van der Waals surface area contributed by atoms with E-state index in [1.807, 2.05) is 0 Å². The molecule has 190 valence electrons. The lowest BCUT2D eigenvalue weighted by molar-refractivity contribution is -0.145. The molecule has 4 rings (SSSR count). The Kier molecular flexibility index (Phi) is 6.96. The first-order valence-electron chi connectivity index (χ1n) is 11.2. The Bertz CT molecular complexity index is 1370. The van der Waals surface area contributed by atoms with E-state index >= 15 is 0 Å². The van der Waals surface area contributed by atoms with Gasteiger partial charge in [-0.05, 0) is 25.1 Å². The van der Waals surface area contributed by atoms with Crippen molar-refractivity contribution < 1.29 is 42.7 Å². The summed E-state index contributed by atoms with van der Waals surface area (Å²) in [6.45, 7) is 5.20. The Balaban J connectivity index is 1.63. The maximum atomic E-state index is 12.8. The third-order valence-electron chi connectivity index (χ3n) is 5.11. The highest BCUT2D eigenvalue weighted by Crippen LogP contribution is 2.35. The van der Waals surface area contributed by atoms with Crippen molar-refractivity contribution in [1.82, 2.24) is 0 Å². The van der Waals surface area contributed by atoms with E-state index < -0.39 is 17.2 Å². The van der Waals surface area contributed by atoms with Crippen molar-refractivity contribution >= 4 is 16.9 Å². The molecule has 0 atom stereocenters. The SMILES string of the molecule is CCOC(=O)COc1cc(-c2cc(=O)c3c(O)cc(OCC4=COC(C)(C)O4)cc3o2)ccc1OC. The Labute approximate surface area is 206 Å². The summed E-state index contributed by atoms with van der Waals surface area (Å²) < 4.78 is 38.3. The third kappa shape index (κ3) is 5.48. The number of benzene rings is 2. The Hall–Kier alpha value is -4.34. The highest BCUT2D eigenvalue weighted by atomic mass is 16.7. The van der Waals surface area contributed by atoms with Gasteiger partial charge in [-0.15, -0.1) is 0 Å². The van der Waals surface area contributed by atoms with Crippen LogP contribution in [-0.4, -0.2) is 43.8 Å². The minimum atomic E-state index is -0.775. The van der Waals surface area contributed by atoms with E-state index in [2.05, 4.69) is 0 Å². The molecule has 0 fully saturated rings. The maximum absolute atomic E-state index is 12.8. The number of hydrogen-bond acceptors (Lipinski definition) is 10. The number of aromatic hydroxyl groups is 1. The third-order valence-corrected chi connectivity index (χ3v) is 5.11. The van der Waals surface area contributed by atoms with Crippen molar-refractivity contribution in [2.75, 3.05) is 26.9 Å². The Morgan fingerprint density at radius 3 is 2.58 bits per heavy atom. The van der Waals surface area contributed by atoms with Crippen molar-refractivity contribution in [1.29, 1.82) is 0 Å². The molecule has 1 N–H and O–H groups in total. The van der Waals surface area contributed by atoms with Crippen molar-refractivity contribution in [2.24, 2.45) is 0 Å². The van der Waals surface area contributed by atoms with Crippen LogP contribution >= 0.6 is 0 Å². The largest absolute Gasteiger partial charge is 0.507 e. The minimum Gasteiger partial charge on any atom is -0.507 e. The number of phenolic OH excluding ortho intramolecular Hbond substituents is 1. The zero-order valence-corrected chi connectivity index (χ0v) is 20.3. The van der Waals surface area contributed by atoms with Crippen LogP contribution < -0.4 is 19.6 Å². The average molecular weight is 498 g/mol. The van der Waals surface area contributed by atoms with Crippen LogP contribution in [-0.2, 0) is 19.0 Å². The number of ether oxygens (including phenoxy) is 6. The minimum absolute atomic E-state index is 0.0131. The Morgan fingerprint density at radius 2 is 1.89 bits per heavy atom. The first-order chi connectivity index (χ1) is 17.2. The lowest BCUT2D eigenvalue weighted by Crippen LogP contribution is -2.21. The van der Waals surface area contributed by atoms with Crippen LogP contribution in [0.3, 0.4) is 0 Å². The molecular weight excluding hydrogens is 472 g/mol. The van der Waals surface area contributed by atoms with Gasteiger partial charge in [-0.3, -0.25) is 4.79 Å². The van der Waals surface area contributed by atoms with Gasteiger partial charge >= 0.3 is 5.97 Å². The molecule has 0 spiro atoms. The molecular formula is C26H26O10. The average Bonchev–Trinajstić information content (AvgIpc) is 3.19. The van der Waals surface area contributed by atoms with Crippen LogP contribution in [0.1, 0.15) is 20.8 Å². The fourth-order valence-electron chi connectivity index (χ4n) is 3.54. The summed E-state index contributed by atoms with van der Waals surface area (Å²) in [7, 11) is 1.46. The van der Waals surface area contributed by atoms with Gasteiger partial charge in [-0.1, -0.05) is 0 Å². The standard InChI is InChI=1S/C26H26O10/c1-5-31-24(29)14-33-22-8-15(6-7-20(22)30-4)21-11-19(28)25-18(27)9-16(10-23(25)35-21)32-12-17-13-34-26(2,3)36-17/h6-11,13,27H,5,12,14H2,1-4H3. The van der Waals surface area contributed by atoms with Crippen LogP contribution in [0, 0.1) is 0 Å². The molecule has 0 saturated carbocycles. The molecule has 3 aromatic rings. The van der Waals surface area contributed by atoms with E-state index in [-0.39, 0.29) is 53.8 Å². The lowest BCUT2D eigenvalue weighted by atomic mass is 10.1. The highest BCUT2D eigenvalue weighted by Gasteiger charge is 2.27. The number of rotatable bonds is 9. The summed E-state index contributed by atoms with van der Waals surface area (Å²) in [4.78, 5) is 24.5. The van der Waals surface area contributed by atoms with Gasteiger partial charge < -0.3 is 37.9 Å². The molecule has 2 heterocycles. The summed E-state index contributed by atoms with van der Waals surface area (Å²) in [5, 5.41) is 10.5. The number of esters is 1. The normalized spacial score (nSPS) is 13.9. The van der Waals surface area contributed by atoms with Crippen LogP contribution in [0.2, 0.25) is 0 Å². The molecule has 0 saturated heterocycles. The molecule has 0 unspecified atom stereocenters. The van der Waals surface area contributed by atoms with Crippen LogP contribution in [0.25, 0.3) is 22.3 Å². The van der Waals surface area contributed by atoms with Gasteiger partial charge in [0.25, 0.3) is 0 Å². The van der Waals surface area contributed by atoms with Crippen molar-refractivity contribution in [3.05, 3.63) is 58.6 Å². The van der Waals surface area contributed by atoms with E-state index in [0.717, 1.165) is 0 Å². The zero-order chi connectivity index (χ0) is 25.9. The highest BCUT2D eigenvalue weighted by molar-refractivity contribution is 5.86. The van der Waals surface area contributed by atoms with Crippen molar-refractivity contribution in [3.63, 3.8) is 0 Å². The monoisotopic (exact) mass is 498 g/mol. The molecule has 36 heavy (non-hydrogen) atoms. The molecule has 1 aliphatic heterocycles. The molecule has 10 nitrogen and oxygen atoms in total. The fraction of sp³-hybridized carbons (Fsp3) is 0.308. The van der Waals surface area contributed by atoms with Crippen molar-refractivity contribution in [3.8, 4) is 34.3 Å². The van der Waals surface area contributed by atoms with Gasteiger partial charge in [0.15, 0.2) is 29.3 Å². The molecule has 1 aromatic heterocycles. The van der Waals surface area contributed by atoms with Gasteiger partial charge in [0.2, 0.25) is 5.79 Å². The van der Waals surface area contributed by atoms with Crippen LogP contribution in [0.4, 0.5) is 0 Å². The molecule has 0 amide bonds. The summed E-state index contributed by atoms with van der Waals surface area (Å²) in [6, 6.07) is 8.96. The number of carbonyl (C=O) groups is 1. The summed E-state index contributed by atoms with van der Waals surface area (Å²) in [5.74, 6) is 0.0166. The van der Waals surface area contributed by atoms with Gasteiger partial charge in [0.05, 0.1) is 13.7 Å². The van der Waals surface area contributed by atoms with Gasteiger partial charge in [-0.25, -0.2) is 4.79 Å². The van der Waals surface area contributed by atoms with Gasteiger partial charge in [0.1, 0.15) is 41.1 Å². The van der Waals surface area contributed by atoms with E-state index in [0.29, 0.717) is 17.1 Å². The van der Waals surface area contributed by atoms with Crippen LogP contribution in [0.5, 0.6) is 23.0 Å². The number of methoxy groups -OCH3 is 1. The molecule has 0 aliphatic carbocycles. The summed E-state index contributed by atoms with van der Waals surface area (Å²) in [5.41, 5.74) is 0.163. The topological polar surface area (TPSA) is 123 Å². The van der Waals surface area contributed by atoms with Gasteiger partial charge in [0, 0.05) is 37.6 Å². The number of carbonyl (C=O) groups excluding carboxylic acids is 1. The molecule has 2 aromatic carbocycles. The molecule has 0 radical (unpaired) electrons. The van der Waals surface area contributed by atoms with Crippen molar-refractivity contribution in [2.45, 2.75) is 26.6 Å². The first kappa shape index (κ1) is 24.8. The second-order valence-corrected chi connectivity index (χ2v) is 8.24. The maximum Gasteiger partial charge on any atom is 0.344 e. The molecule has 1 aliphatic rings. The van der Waals surface area contributed by atoms with Crippen LogP contribution in [0.15, 0.2) is 57.6 Å². The second-order valence-electron chi connectivity index (χ2n) is 8.24. The lowest BCUT2D eigenvalue weighted by Gasteiger charge is -2.18. The Morgan fingerprint density at radius 1 is 1.08 bits per heavy atom. The quantitative estimate of drug-likeness (QED) is 0.431.